The molecule has 0 saturated carbocycles. The van der Waals surface area contributed by atoms with Crippen LogP contribution in [0.4, 0.5) is 5.82 Å². The smallest absolute Gasteiger partial charge is 0.255 e. The summed E-state index contributed by atoms with van der Waals surface area (Å²) in [6.45, 7) is 5.17. The van der Waals surface area contributed by atoms with Crippen LogP contribution in [0.25, 0.3) is 21.9 Å². The number of imidazole rings is 1. The van der Waals surface area contributed by atoms with Crippen molar-refractivity contribution in [2.45, 2.75) is 32.9 Å². The molecule has 4 aromatic rings. The Morgan fingerprint density at radius 1 is 1.00 bits per heavy atom. The first kappa shape index (κ1) is 18.6. The van der Waals surface area contributed by atoms with E-state index < -0.39 is 0 Å². The van der Waals surface area contributed by atoms with E-state index in [0.717, 1.165) is 66.1 Å². The van der Waals surface area contributed by atoms with Crippen LogP contribution in [0.5, 0.6) is 0 Å². The number of hydrogen-bond acceptors (Lipinski definition) is 4. The molecule has 152 valence electrons. The molecule has 1 fully saturated rings. The van der Waals surface area contributed by atoms with Crippen molar-refractivity contribution in [3.63, 3.8) is 0 Å². The predicted octanol–water partition coefficient (Wildman–Crippen LogP) is 4.13. The third-order valence-electron chi connectivity index (χ3n) is 5.81. The van der Waals surface area contributed by atoms with E-state index >= 15 is 0 Å². The molecule has 2 aromatic carbocycles. The number of para-hydroxylation sites is 3. The van der Waals surface area contributed by atoms with E-state index in [-0.39, 0.29) is 5.91 Å². The van der Waals surface area contributed by atoms with Crippen molar-refractivity contribution < 1.29 is 4.79 Å². The van der Waals surface area contributed by atoms with Crippen molar-refractivity contribution >= 4 is 33.7 Å². The number of benzene rings is 2. The van der Waals surface area contributed by atoms with Crippen LogP contribution in [-0.2, 0) is 13.1 Å². The van der Waals surface area contributed by atoms with Gasteiger partial charge in [-0.25, -0.2) is 9.97 Å². The number of hydrogen-bond donors (Lipinski definition) is 1. The van der Waals surface area contributed by atoms with Gasteiger partial charge in [0, 0.05) is 25.0 Å². The van der Waals surface area contributed by atoms with Gasteiger partial charge in [-0.05, 0) is 44.0 Å². The first-order valence-electron chi connectivity index (χ1n) is 10.6. The Morgan fingerprint density at radius 2 is 1.73 bits per heavy atom. The standard InChI is InChI=1S/C24H25N5O/c1-2-29-21-12-6-5-11-20(21)26-22(29)16-25-24(30)18-15-17-9-3-4-10-19(17)27-23(18)28-13-7-8-14-28/h3-6,9-12,15H,2,7-8,13-14,16H2,1H3,(H,25,30). The van der Waals surface area contributed by atoms with Crippen LogP contribution in [0.3, 0.4) is 0 Å². The molecule has 0 spiro atoms. The highest BCUT2D eigenvalue weighted by atomic mass is 16.1. The van der Waals surface area contributed by atoms with Gasteiger partial charge in [0.15, 0.2) is 0 Å². The lowest BCUT2D eigenvalue weighted by atomic mass is 10.1. The van der Waals surface area contributed by atoms with E-state index in [0.29, 0.717) is 12.1 Å². The van der Waals surface area contributed by atoms with Crippen LogP contribution in [-0.4, -0.2) is 33.5 Å². The maximum absolute atomic E-state index is 13.2. The minimum absolute atomic E-state index is 0.107. The summed E-state index contributed by atoms with van der Waals surface area (Å²) in [6.07, 6.45) is 2.27. The van der Waals surface area contributed by atoms with E-state index in [1.165, 1.54) is 0 Å². The van der Waals surface area contributed by atoms with Crippen LogP contribution in [0.2, 0.25) is 0 Å². The summed E-state index contributed by atoms with van der Waals surface area (Å²) in [5, 5.41) is 4.07. The van der Waals surface area contributed by atoms with Gasteiger partial charge in [0.05, 0.1) is 28.7 Å². The van der Waals surface area contributed by atoms with Gasteiger partial charge in [0.25, 0.3) is 5.91 Å². The molecule has 1 saturated heterocycles. The Balaban J connectivity index is 1.47. The van der Waals surface area contributed by atoms with Crippen molar-refractivity contribution in [1.29, 1.82) is 0 Å². The molecule has 3 heterocycles. The van der Waals surface area contributed by atoms with Gasteiger partial charge in [-0.2, -0.15) is 0 Å². The number of aryl methyl sites for hydroxylation is 1. The largest absolute Gasteiger partial charge is 0.356 e. The first-order valence-corrected chi connectivity index (χ1v) is 10.6. The Kier molecular flexibility index (Phi) is 4.83. The van der Waals surface area contributed by atoms with Crippen LogP contribution >= 0.6 is 0 Å². The van der Waals surface area contributed by atoms with Crippen molar-refractivity contribution in [2.24, 2.45) is 0 Å². The van der Waals surface area contributed by atoms with Gasteiger partial charge >= 0.3 is 0 Å². The fourth-order valence-electron chi connectivity index (χ4n) is 4.31. The lowest BCUT2D eigenvalue weighted by Gasteiger charge is -2.20. The average molecular weight is 399 g/mol. The summed E-state index contributed by atoms with van der Waals surface area (Å²) in [6, 6.07) is 18.0. The molecule has 0 unspecified atom stereocenters. The van der Waals surface area contributed by atoms with Gasteiger partial charge in [-0.1, -0.05) is 30.3 Å². The highest BCUT2D eigenvalue weighted by Crippen LogP contribution is 2.26. The molecule has 1 aliphatic heterocycles. The predicted molar refractivity (Wildman–Crippen MR) is 120 cm³/mol. The van der Waals surface area contributed by atoms with E-state index in [9.17, 15) is 4.79 Å². The number of pyridine rings is 1. The third-order valence-corrected chi connectivity index (χ3v) is 5.81. The Morgan fingerprint density at radius 3 is 2.53 bits per heavy atom. The topological polar surface area (TPSA) is 63.1 Å². The molecule has 0 bridgehead atoms. The van der Waals surface area contributed by atoms with Crippen LogP contribution in [0.1, 0.15) is 35.9 Å². The Hall–Kier alpha value is -3.41. The van der Waals surface area contributed by atoms with E-state index in [4.69, 9.17) is 9.97 Å². The molecular formula is C24H25N5O. The molecule has 6 nitrogen and oxygen atoms in total. The molecular weight excluding hydrogens is 374 g/mol. The summed E-state index contributed by atoms with van der Waals surface area (Å²) in [7, 11) is 0. The molecule has 1 aliphatic rings. The fourth-order valence-corrected chi connectivity index (χ4v) is 4.31. The average Bonchev–Trinajstić information content (AvgIpc) is 3.44. The molecule has 2 aromatic heterocycles. The first-order chi connectivity index (χ1) is 14.7. The Labute approximate surface area is 175 Å². The van der Waals surface area contributed by atoms with E-state index in [1.54, 1.807) is 0 Å². The minimum Gasteiger partial charge on any atom is -0.356 e. The molecule has 5 rings (SSSR count). The number of fused-ring (bicyclic) bond motifs is 2. The highest BCUT2D eigenvalue weighted by Gasteiger charge is 2.22. The van der Waals surface area contributed by atoms with Gasteiger partial charge in [-0.15, -0.1) is 0 Å². The van der Waals surface area contributed by atoms with Crippen molar-refractivity contribution in [1.82, 2.24) is 19.9 Å². The molecule has 6 heteroatoms. The molecule has 1 N–H and O–H groups in total. The van der Waals surface area contributed by atoms with Gasteiger partial charge < -0.3 is 14.8 Å². The lowest BCUT2D eigenvalue weighted by molar-refractivity contribution is 0.0950. The number of nitrogens with zero attached hydrogens (tertiary/aromatic N) is 4. The Bertz CT molecular complexity index is 1220. The molecule has 0 radical (unpaired) electrons. The molecule has 1 amide bonds. The normalized spacial score (nSPS) is 14.0. The number of nitrogens with one attached hydrogen (secondary N) is 1. The maximum atomic E-state index is 13.2. The zero-order valence-corrected chi connectivity index (χ0v) is 17.1. The SMILES string of the molecule is CCn1c(CNC(=O)c2cc3ccccc3nc2N2CCCC2)nc2ccccc21. The number of carbonyl (C=O) groups is 1. The summed E-state index contributed by atoms with van der Waals surface area (Å²) in [5.74, 6) is 1.54. The summed E-state index contributed by atoms with van der Waals surface area (Å²) >= 11 is 0. The molecule has 30 heavy (non-hydrogen) atoms. The van der Waals surface area contributed by atoms with Crippen molar-refractivity contribution in [2.75, 3.05) is 18.0 Å². The van der Waals surface area contributed by atoms with Crippen LogP contribution < -0.4 is 10.2 Å². The van der Waals surface area contributed by atoms with E-state index in [1.807, 2.05) is 48.5 Å². The second-order valence-corrected chi connectivity index (χ2v) is 7.69. The molecule has 0 atom stereocenters. The van der Waals surface area contributed by atoms with Gasteiger partial charge in [0.2, 0.25) is 0 Å². The zero-order valence-electron chi connectivity index (χ0n) is 17.1. The highest BCUT2D eigenvalue weighted by molar-refractivity contribution is 6.02. The quantitative estimate of drug-likeness (QED) is 0.548. The third kappa shape index (κ3) is 3.28. The number of aromatic nitrogens is 3. The second kappa shape index (κ2) is 7.78. The second-order valence-electron chi connectivity index (χ2n) is 7.69. The fraction of sp³-hybridized carbons (Fsp3) is 0.292. The molecule has 0 aliphatic carbocycles. The van der Waals surface area contributed by atoms with Gasteiger partial charge in [0.1, 0.15) is 11.6 Å². The number of amides is 1. The monoisotopic (exact) mass is 399 g/mol. The minimum atomic E-state index is -0.107. The van der Waals surface area contributed by atoms with Crippen LogP contribution in [0, 0.1) is 0 Å². The summed E-state index contributed by atoms with van der Waals surface area (Å²) < 4.78 is 2.15. The van der Waals surface area contributed by atoms with Crippen molar-refractivity contribution in [3.8, 4) is 0 Å². The van der Waals surface area contributed by atoms with Crippen molar-refractivity contribution in [3.05, 3.63) is 66.0 Å². The lowest BCUT2D eigenvalue weighted by Crippen LogP contribution is -2.29. The summed E-state index contributed by atoms with van der Waals surface area (Å²) in [5.41, 5.74) is 3.60. The zero-order chi connectivity index (χ0) is 20.5. The summed E-state index contributed by atoms with van der Waals surface area (Å²) in [4.78, 5) is 25.0. The van der Waals surface area contributed by atoms with Gasteiger partial charge in [-0.3, -0.25) is 4.79 Å². The van der Waals surface area contributed by atoms with Crippen LogP contribution in [0.15, 0.2) is 54.6 Å². The number of anilines is 1. The van der Waals surface area contributed by atoms with E-state index in [2.05, 4.69) is 27.8 Å². The maximum Gasteiger partial charge on any atom is 0.255 e. The number of carbonyl (C=O) groups excluding carboxylic acids is 1. The number of rotatable bonds is 5.